The topological polar surface area (TPSA) is 155 Å². The van der Waals surface area contributed by atoms with Crippen LogP contribution < -0.4 is 20.6 Å². The lowest BCUT2D eigenvalue weighted by molar-refractivity contribution is -0.384. The molecule has 0 saturated carbocycles. The van der Waals surface area contributed by atoms with Crippen molar-refractivity contribution in [2.45, 2.75) is 26.3 Å². The molecule has 162 valence electrons. The Bertz CT molecular complexity index is 1190. The molecule has 31 heavy (non-hydrogen) atoms. The number of carbonyl (C=O) groups excluding carboxylic acids is 1. The van der Waals surface area contributed by atoms with Crippen LogP contribution in [0.1, 0.15) is 20.3 Å². The third-order valence-corrected chi connectivity index (χ3v) is 4.82. The highest BCUT2D eigenvalue weighted by Crippen LogP contribution is 2.31. The number of hydrogen-bond donors (Lipinski definition) is 2. The second-order valence-corrected chi connectivity index (χ2v) is 6.93. The number of phenolic OH excluding ortho intramolecular Hbond substituents is 1. The molecule has 10 nitrogen and oxygen atoms in total. The third-order valence-electron chi connectivity index (χ3n) is 4.82. The van der Waals surface area contributed by atoms with Crippen LogP contribution in [0.5, 0.6) is 23.0 Å². The molecule has 0 fully saturated rings. The number of nitrogens with zero attached hydrogens (tertiary/aromatic N) is 1. The van der Waals surface area contributed by atoms with Crippen LogP contribution in [0, 0.1) is 16.0 Å². The summed E-state index contributed by atoms with van der Waals surface area (Å²) in [6.07, 6.45) is 1.72. The molecule has 2 unspecified atom stereocenters. The molecule has 3 N–H and O–H groups in total. The van der Waals surface area contributed by atoms with E-state index in [1.807, 2.05) is 13.8 Å². The van der Waals surface area contributed by atoms with E-state index in [-0.39, 0.29) is 39.8 Å². The average Bonchev–Trinajstić information content (AvgIpc) is 2.74. The SMILES string of the molecule is CCC(C)C(N)C(=O)Oc1cc(O)c2c(=O)c(Oc3ccc([N+](=O)[O-])cc3)coc2c1. The van der Waals surface area contributed by atoms with Gasteiger partial charge in [-0.1, -0.05) is 20.3 Å². The lowest BCUT2D eigenvalue weighted by atomic mass is 10.0. The number of nitro groups is 1. The fourth-order valence-corrected chi connectivity index (χ4v) is 2.75. The minimum Gasteiger partial charge on any atom is -0.507 e. The molecule has 0 aliphatic carbocycles. The molecule has 10 heteroatoms. The van der Waals surface area contributed by atoms with Crippen LogP contribution in [0.3, 0.4) is 0 Å². The number of fused-ring (bicyclic) bond motifs is 1. The highest BCUT2D eigenvalue weighted by Gasteiger charge is 2.23. The predicted octanol–water partition coefficient (Wildman–Crippen LogP) is 3.48. The van der Waals surface area contributed by atoms with E-state index < -0.39 is 28.1 Å². The minimum absolute atomic E-state index is 0.0269. The molecule has 3 aromatic rings. The van der Waals surface area contributed by atoms with Crippen molar-refractivity contribution in [3.8, 4) is 23.0 Å². The number of hydrogen-bond acceptors (Lipinski definition) is 9. The van der Waals surface area contributed by atoms with E-state index in [1.54, 1.807) is 0 Å². The summed E-state index contributed by atoms with van der Waals surface area (Å²) in [4.78, 5) is 35.0. The van der Waals surface area contributed by atoms with Crippen LogP contribution in [-0.2, 0) is 4.79 Å². The molecule has 0 amide bonds. The molecule has 0 aliphatic rings. The number of rotatable bonds is 7. The summed E-state index contributed by atoms with van der Waals surface area (Å²) in [5.74, 6) is -1.34. The molecule has 0 saturated heterocycles. The summed E-state index contributed by atoms with van der Waals surface area (Å²) in [7, 11) is 0. The van der Waals surface area contributed by atoms with E-state index in [0.717, 1.165) is 12.3 Å². The number of aromatic hydroxyl groups is 1. The van der Waals surface area contributed by atoms with Crippen molar-refractivity contribution in [2.75, 3.05) is 0 Å². The number of esters is 1. The second-order valence-electron chi connectivity index (χ2n) is 6.93. The van der Waals surface area contributed by atoms with Crippen LogP contribution >= 0.6 is 0 Å². The van der Waals surface area contributed by atoms with Gasteiger partial charge in [0.1, 0.15) is 40.5 Å². The zero-order valence-corrected chi connectivity index (χ0v) is 16.7. The summed E-state index contributed by atoms with van der Waals surface area (Å²) in [6, 6.07) is 6.64. The highest BCUT2D eigenvalue weighted by molar-refractivity contribution is 5.87. The summed E-state index contributed by atoms with van der Waals surface area (Å²) >= 11 is 0. The van der Waals surface area contributed by atoms with Gasteiger partial charge in [0.25, 0.3) is 5.69 Å². The molecule has 0 aliphatic heterocycles. The summed E-state index contributed by atoms with van der Waals surface area (Å²) in [6.45, 7) is 3.71. The number of phenols is 1. The van der Waals surface area contributed by atoms with Gasteiger partial charge < -0.3 is 24.7 Å². The van der Waals surface area contributed by atoms with Gasteiger partial charge in [-0.25, -0.2) is 4.79 Å². The Hall–Kier alpha value is -3.92. The fourth-order valence-electron chi connectivity index (χ4n) is 2.75. The normalized spacial score (nSPS) is 12.9. The van der Waals surface area contributed by atoms with Crippen LogP contribution in [0.15, 0.2) is 51.9 Å². The van der Waals surface area contributed by atoms with Gasteiger partial charge in [0.05, 0.1) is 4.92 Å². The standard InChI is InChI=1S/C21H20N2O8/c1-3-11(2)19(22)21(26)31-14-8-15(24)18-16(9-14)29-10-17(20(18)25)30-13-6-4-12(5-7-13)23(27)28/h4-11,19,24H,3,22H2,1-2H3. The van der Waals surface area contributed by atoms with E-state index in [1.165, 1.54) is 30.3 Å². The van der Waals surface area contributed by atoms with Crippen molar-refractivity contribution in [1.82, 2.24) is 0 Å². The Balaban J connectivity index is 1.88. The number of nitrogens with two attached hydrogens (primary N) is 1. The van der Waals surface area contributed by atoms with Gasteiger partial charge in [-0.15, -0.1) is 0 Å². The van der Waals surface area contributed by atoms with Crippen LogP contribution in [-0.4, -0.2) is 22.0 Å². The molecule has 1 aromatic heterocycles. The van der Waals surface area contributed by atoms with E-state index in [2.05, 4.69) is 0 Å². The van der Waals surface area contributed by atoms with Crippen molar-refractivity contribution in [3.63, 3.8) is 0 Å². The number of carbonyl (C=O) groups is 1. The molecule has 3 rings (SSSR count). The number of benzene rings is 2. The molecule has 2 aromatic carbocycles. The molecule has 1 heterocycles. The van der Waals surface area contributed by atoms with E-state index >= 15 is 0 Å². The first-order valence-corrected chi connectivity index (χ1v) is 9.39. The third kappa shape index (κ3) is 4.64. The lowest BCUT2D eigenvalue weighted by Crippen LogP contribution is -2.39. The zero-order valence-electron chi connectivity index (χ0n) is 16.7. The van der Waals surface area contributed by atoms with Crippen molar-refractivity contribution >= 4 is 22.6 Å². The zero-order chi connectivity index (χ0) is 22.7. The first kappa shape index (κ1) is 21.8. The maximum Gasteiger partial charge on any atom is 0.328 e. The van der Waals surface area contributed by atoms with Gasteiger partial charge in [-0.3, -0.25) is 14.9 Å². The molecular weight excluding hydrogens is 408 g/mol. The number of nitro benzene ring substituents is 1. The molecule has 0 bridgehead atoms. The summed E-state index contributed by atoms with van der Waals surface area (Å²) in [5, 5.41) is 20.9. The Morgan fingerprint density at radius 1 is 1.26 bits per heavy atom. The fraction of sp³-hybridized carbons (Fsp3) is 0.238. The Kier molecular flexibility index (Phi) is 6.21. The lowest BCUT2D eigenvalue weighted by Gasteiger charge is -2.16. The minimum atomic E-state index is -0.840. The Morgan fingerprint density at radius 3 is 2.55 bits per heavy atom. The smallest absolute Gasteiger partial charge is 0.328 e. The van der Waals surface area contributed by atoms with Gasteiger partial charge in [-0.05, 0) is 18.1 Å². The summed E-state index contributed by atoms with van der Waals surface area (Å²) < 4.78 is 16.0. The van der Waals surface area contributed by atoms with Crippen molar-refractivity contribution in [2.24, 2.45) is 11.7 Å². The summed E-state index contributed by atoms with van der Waals surface area (Å²) in [5.41, 5.74) is 5.01. The van der Waals surface area contributed by atoms with Gasteiger partial charge in [0.2, 0.25) is 11.2 Å². The van der Waals surface area contributed by atoms with Crippen molar-refractivity contribution in [3.05, 3.63) is 63.0 Å². The second kappa shape index (κ2) is 8.84. The maximum absolute atomic E-state index is 12.7. The highest BCUT2D eigenvalue weighted by atomic mass is 16.6. The molecule has 0 spiro atoms. The first-order valence-electron chi connectivity index (χ1n) is 9.39. The first-order chi connectivity index (χ1) is 14.7. The van der Waals surface area contributed by atoms with Gasteiger partial charge >= 0.3 is 5.97 Å². The van der Waals surface area contributed by atoms with E-state index in [4.69, 9.17) is 19.6 Å². The Morgan fingerprint density at radius 2 is 1.94 bits per heavy atom. The van der Waals surface area contributed by atoms with Crippen molar-refractivity contribution in [1.29, 1.82) is 0 Å². The van der Waals surface area contributed by atoms with Gasteiger partial charge in [0.15, 0.2) is 0 Å². The molecule has 2 atom stereocenters. The van der Waals surface area contributed by atoms with E-state index in [0.29, 0.717) is 6.42 Å². The average molecular weight is 428 g/mol. The quantitative estimate of drug-likeness (QED) is 0.249. The van der Waals surface area contributed by atoms with Gasteiger partial charge in [-0.2, -0.15) is 0 Å². The maximum atomic E-state index is 12.7. The van der Waals surface area contributed by atoms with Crippen LogP contribution in [0.4, 0.5) is 5.69 Å². The number of ether oxygens (including phenoxy) is 2. The monoisotopic (exact) mass is 428 g/mol. The van der Waals surface area contributed by atoms with Crippen LogP contribution in [0.25, 0.3) is 11.0 Å². The van der Waals surface area contributed by atoms with Crippen molar-refractivity contribution < 1.29 is 28.7 Å². The van der Waals surface area contributed by atoms with E-state index in [9.17, 15) is 24.8 Å². The number of non-ortho nitro benzene ring substituents is 1. The molecule has 0 radical (unpaired) electrons. The molecular formula is C21H20N2O8. The van der Waals surface area contributed by atoms with Crippen LogP contribution in [0.2, 0.25) is 0 Å². The Labute approximate surface area is 176 Å². The predicted molar refractivity (Wildman–Crippen MR) is 110 cm³/mol. The van der Waals surface area contributed by atoms with Gasteiger partial charge in [0, 0.05) is 24.3 Å². The largest absolute Gasteiger partial charge is 0.507 e.